The summed E-state index contributed by atoms with van der Waals surface area (Å²) in [4.78, 5) is 15.1. The molecule has 130 valence electrons. The first-order chi connectivity index (χ1) is 11.9. The number of carbonyl (C=O) groups is 1. The number of benzene rings is 2. The number of carbonyl (C=O) groups excluding carboxylic acids is 1. The molecule has 0 unspecified atom stereocenters. The second-order valence-electron chi connectivity index (χ2n) is 7.06. The van der Waals surface area contributed by atoms with Crippen LogP contribution in [-0.4, -0.2) is 30.5 Å². The van der Waals surface area contributed by atoms with Crippen LogP contribution in [0.15, 0.2) is 53.4 Å². The summed E-state index contributed by atoms with van der Waals surface area (Å²) in [6, 6.07) is 14.8. The summed E-state index contributed by atoms with van der Waals surface area (Å²) in [6.07, 6.45) is 1.61. The normalized spacial score (nSPS) is 18.5. The maximum atomic E-state index is 13.1. The van der Waals surface area contributed by atoms with Crippen molar-refractivity contribution in [1.29, 1.82) is 0 Å². The number of hydrogen-bond acceptors (Lipinski definition) is 3. The molecule has 0 atom stereocenters. The van der Waals surface area contributed by atoms with Gasteiger partial charge in [-0.2, -0.15) is 0 Å². The second-order valence-corrected chi connectivity index (χ2v) is 9.32. The molecule has 2 aliphatic rings. The van der Waals surface area contributed by atoms with Crippen LogP contribution in [0.3, 0.4) is 0 Å². The van der Waals surface area contributed by atoms with E-state index in [1.54, 1.807) is 29.2 Å². The monoisotopic (exact) mass is 355 g/mol. The predicted molar refractivity (Wildman–Crippen MR) is 95.9 cm³/mol. The zero-order chi connectivity index (χ0) is 17.7. The van der Waals surface area contributed by atoms with E-state index in [0.717, 1.165) is 17.5 Å². The van der Waals surface area contributed by atoms with E-state index in [1.807, 2.05) is 25.1 Å². The van der Waals surface area contributed by atoms with E-state index >= 15 is 0 Å². The molecule has 0 aromatic heterocycles. The summed E-state index contributed by atoms with van der Waals surface area (Å²) in [5.74, 6) is -0.234. The molecule has 5 heteroatoms. The number of hydrogen-bond donors (Lipinski definition) is 0. The van der Waals surface area contributed by atoms with Crippen LogP contribution >= 0.6 is 0 Å². The van der Waals surface area contributed by atoms with E-state index in [4.69, 9.17) is 0 Å². The van der Waals surface area contributed by atoms with Crippen LogP contribution in [-0.2, 0) is 27.6 Å². The molecule has 25 heavy (non-hydrogen) atoms. The maximum absolute atomic E-state index is 13.1. The SMILES string of the molecule is Cc1ccc(S(=O)(=O)C2(C(=O)N3CCc4ccccc4C3)CC2)cc1. The first kappa shape index (κ1) is 16.3. The smallest absolute Gasteiger partial charge is 0.244 e. The van der Waals surface area contributed by atoms with Gasteiger partial charge in [0.25, 0.3) is 0 Å². The Morgan fingerprint density at radius 1 is 1.00 bits per heavy atom. The first-order valence-corrected chi connectivity index (χ1v) is 10.1. The van der Waals surface area contributed by atoms with Crippen molar-refractivity contribution in [1.82, 2.24) is 4.90 Å². The van der Waals surface area contributed by atoms with E-state index < -0.39 is 14.6 Å². The Balaban J connectivity index is 1.63. The fourth-order valence-corrected chi connectivity index (χ4v) is 5.56. The van der Waals surface area contributed by atoms with Gasteiger partial charge in [0.15, 0.2) is 14.6 Å². The Bertz CT molecular complexity index is 928. The van der Waals surface area contributed by atoms with Crippen molar-refractivity contribution in [2.45, 2.75) is 42.4 Å². The number of aryl methyl sites for hydroxylation is 1. The molecule has 1 amide bonds. The highest BCUT2D eigenvalue weighted by Gasteiger charge is 2.62. The second kappa shape index (κ2) is 5.70. The summed E-state index contributed by atoms with van der Waals surface area (Å²) in [7, 11) is -3.66. The predicted octanol–water partition coefficient (Wildman–Crippen LogP) is 2.89. The molecule has 1 saturated carbocycles. The van der Waals surface area contributed by atoms with Crippen molar-refractivity contribution in [3.05, 3.63) is 65.2 Å². The zero-order valence-corrected chi connectivity index (χ0v) is 15.1. The van der Waals surface area contributed by atoms with Gasteiger partial charge in [0.1, 0.15) is 0 Å². The quantitative estimate of drug-likeness (QED) is 0.851. The van der Waals surface area contributed by atoms with Gasteiger partial charge in [0, 0.05) is 13.1 Å². The van der Waals surface area contributed by atoms with Gasteiger partial charge in [-0.15, -0.1) is 0 Å². The van der Waals surface area contributed by atoms with Gasteiger partial charge >= 0.3 is 0 Å². The topological polar surface area (TPSA) is 54.5 Å². The summed E-state index contributed by atoms with van der Waals surface area (Å²) < 4.78 is 25.0. The average molecular weight is 355 g/mol. The van der Waals surface area contributed by atoms with E-state index in [1.165, 1.54) is 5.56 Å². The Hall–Kier alpha value is -2.14. The molecule has 2 aromatic rings. The van der Waals surface area contributed by atoms with Crippen molar-refractivity contribution in [3.8, 4) is 0 Å². The Kier molecular flexibility index (Phi) is 3.72. The molecule has 0 bridgehead atoms. The molecule has 1 aliphatic heterocycles. The molecule has 4 nitrogen and oxygen atoms in total. The van der Waals surface area contributed by atoms with Crippen LogP contribution in [0.4, 0.5) is 0 Å². The highest BCUT2D eigenvalue weighted by Crippen LogP contribution is 2.48. The molecule has 1 heterocycles. The van der Waals surface area contributed by atoms with Gasteiger partial charge in [-0.3, -0.25) is 4.79 Å². The van der Waals surface area contributed by atoms with Crippen LogP contribution in [0, 0.1) is 6.92 Å². The average Bonchev–Trinajstić information content (AvgIpc) is 3.43. The lowest BCUT2D eigenvalue weighted by Crippen LogP contribution is -2.46. The zero-order valence-electron chi connectivity index (χ0n) is 14.2. The Morgan fingerprint density at radius 2 is 1.64 bits per heavy atom. The molecular formula is C20H21NO3S. The highest BCUT2D eigenvalue weighted by atomic mass is 32.2. The fraction of sp³-hybridized carbons (Fsp3) is 0.350. The van der Waals surface area contributed by atoms with Crippen molar-refractivity contribution >= 4 is 15.7 Å². The minimum absolute atomic E-state index is 0.234. The lowest BCUT2D eigenvalue weighted by molar-refractivity contribution is -0.132. The number of rotatable bonds is 3. The Morgan fingerprint density at radius 3 is 2.28 bits per heavy atom. The summed E-state index contributed by atoms with van der Waals surface area (Å²) >= 11 is 0. The largest absolute Gasteiger partial charge is 0.337 e. The summed E-state index contributed by atoms with van der Waals surface area (Å²) in [5, 5.41) is 0. The van der Waals surface area contributed by atoms with Crippen molar-refractivity contribution in [3.63, 3.8) is 0 Å². The molecule has 1 fully saturated rings. The molecule has 0 saturated heterocycles. The Labute approximate surface area is 148 Å². The number of sulfone groups is 1. The molecule has 0 spiro atoms. The third-order valence-electron chi connectivity index (χ3n) is 5.36. The standard InChI is InChI=1S/C20H21NO3S/c1-15-6-8-18(9-7-15)25(23,24)20(11-12-20)19(22)21-13-10-16-4-2-3-5-17(16)14-21/h2-9H,10-14H2,1H3. The van der Waals surface area contributed by atoms with Gasteiger partial charge < -0.3 is 4.90 Å². The first-order valence-electron chi connectivity index (χ1n) is 8.61. The van der Waals surface area contributed by atoms with E-state index in [2.05, 4.69) is 6.07 Å². The third kappa shape index (κ3) is 2.58. The number of amides is 1. The number of fused-ring (bicyclic) bond motifs is 1. The van der Waals surface area contributed by atoms with Crippen LogP contribution in [0.1, 0.15) is 29.5 Å². The van der Waals surface area contributed by atoms with Crippen LogP contribution in [0.25, 0.3) is 0 Å². The lowest BCUT2D eigenvalue weighted by Gasteiger charge is -2.32. The van der Waals surface area contributed by atoms with Gasteiger partial charge in [0.2, 0.25) is 5.91 Å². The minimum atomic E-state index is -3.66. The molecule has 0 radical (unpaired) electrons. The van der Waals surface area contributed by atoms with E-state index in [0.29, 0.717) is 25.9 Å². The summed E-state index contributed by atoms with van der Waals surface area (Å²) in [6.45, 7) is 3.00. The van der Waals surface area contributed by atoms with Gasteiger partial charge in [-0.05, 0) is 49.4 Å². The van der Waals surface area contributed by atoms with Gasteiger partial charge in [0.05, 0.1) is 4.90 Å². The molecule has 1 aliphatic carbocycles. The third-order valence-corrected chi connectivity index (χ3v) is 7.86. The van der Waals surface area contributed by atoms with Gasteiger partial charge in [-0.25, -0.2) is 8.42 Å². The van der Waals surface area contributed by atoms with Crippen LogP contribution in [0.2, 0.25) is 0 Å². The molecular weight excluding hydrogens is 334 g/mol. The maximum Gasteiger partial charge on any atom is 0.244 e. The van der Waals surface area contributed by atoms with Crippen molar-refractivity contribution in [2.24, 2.45) is 0 Å². The van der Waals surface area contributed by atoms with Crippen molar-refractivity contribution < 1.29 is 13.2 Å². The van der Waals surface area contributed by atoms with Crippen LogP contribution in [0.5, 0.6) is 0 Å². The van der Waals surface area contributed by atoms with E-state index in [9.17, 15) is 13.2 Å². The number of nitrogens with zero attached hydrogens (tertiary/aromatic N) is 1. The molecule has 0 N–H and O–H groups in total. The van der Waals surface area contributed by atoms with E-state index in [-0.39, 0.29) is 10.8 Å². The minimum Gasteiger partial charge on any atom is -0.337 e. The molecule has 2 aromatic carbocycles. The molecule has 4 rings (SSSR count). The fourth-order valence-electron chi connectivity index (χ4n) is 3.61. The lowest BCUT2D eigenvalue weighted by atomic mass is 9.99. The van der Waals surface area contributed by atoms with Crippen molar-refractivity contribution in [2.75, 3.05) is 6.54 Å². The van der Waals surface area contributed by atoms with Crippen LogP contribution < -0.4 is 0 Å². The highest BCUT2D eigenvalue weighted by molar-refractivity contribution is 7.94. The van der Waals surface area contributed by atoms with Gasteiger partial charge in [-0.1, -0.05) is 42.0 Å². The summed E-state index contributed by atoms with van der Waals surface area (Å²) in [5.41, 5.74) is 3.37.